The first-order valence-electron chi connectivity index (χ1n) is 5.39. The minimum atomic E-state index is -0.828. The van der Waals surface area contributed by atoms with Gasteiger partial charge in [-0.2, -0.15) is 0 Å². The molecule has 0 amide bonds. The predicted octanol–water partition coefficient (Wildman–Crippen LogP) is 3.59. The molecule has 70 valence electrons. The molecular weight excluding hydrogens is 183 g/mol. The summed E-state index contributed by atoms with van der Waals surface area (Å²) in [4.78, 5) is 0. The zero-order valence-electron chi connectivity index (χ0n) is 7.80. The van der Waals surface area contributed by atoms with Crippen molar-refractivity contribution in [1.29, 1.82) is 0 Å². The second-order valence-corrected chi connectivity index (χ2v) is 10.1. The maximum absolute atomic E-state index is 5.92. The Balaban J connectivity index is 2.02. The van der Waals surface area contributed by atoms with Gasteiger partial charge in [0.15, 0.2) is 0 Å². The van der Waals surface area contributed by atoms with Gasteiger partial charge in [0.25, 0.3) is 0 Å². The van der Waals surface area contributed by atoms with E-state index in [1.807, 2.05) is 0 Å². The Hall–Kier alpha value is 0.650. The topological polar surface area (TPSA) is 0 Å². The van der Waals surface area contributed by atoms with Gasteiger partial charge in [0.05, 0.1) is 0 Å². The molecule has 1 saturated carbocycles. The molecule has 2 aliphatic rings. The van der Waals surface area contributed by atoms with Crippen molar-refractivity contribution in [3.8, 4) is 0 Å². The quantitative estimate of drug-likeness (QED) is 0.585. The maximum atomic E-state index is 5.92. The minimum Gasteiger partial charge on any atom is -0.0972 e. The van der Waals surface area contributed by atoms with Gasteiger partial charge in [0, 0.05) is 0 Å². The molecule has 0 aromatic rings. The lowest BCUT2D eigenvalue weighted by molar-refractivity contribution is 0.734. The highest BCUT2D eigenvalue weighted by Gasteiger charge is 2.31. The fourth-order valence-electron chi connectivity index (χ4n) is 2.79. The summed E-state index contributed by atoms with van der Waals surface area (Å²) in [5.41, 5.74) is 1.02. The van der Waals surface area contributed by atoms with Crippen molar-refractivity contribution in [2.24, 2.45) is 0 Å². The van der Waals surface area contributed by atoms with Crippen molar-refractivity contribution in [1.82, 2.24) is 0 Å². The summed E-state index contributed by atoms with van der Waals surface area (Å²) in [5, 5.41) is 0. The molecule has 12 heavy (non-hydrogen) atoms. The molecule has 1 aliphatic heterocycles. The molecule has 0 N–H and O–H groups in total. The van der Waals surface area contributed by atoms with E-state index >= 15 is 0 Å². The highest BCUT2D eigenvalue weighted by Crippen LogP contribution is 2.59. The van der Waals surface area contributed by atoms with Crippen molar-refractivity contribution in [3.05, 3.63) is 0 Å². The van der Waals surface area contributed by atoms with E-state index < -0.39 is 6.04 Å². The third-order valence-electron chi connectivity index (χ3n) is 3.56. The Morgan fingerprint density at radius 2 is 1.42 bits per heavy atom. The normalized spacial score (nSPS) is 30.7. The van der Waals surface area contributed by atoms with Gasteiger partial charge in [-0.3, -0.25) is 0 Å². The van der Waals surface area contributed by atoms with Crippen LogP contribution < -0.4 is 0 Å². The first-order valence-corrected chi connectivity index (χ1v) is 8.63. The highest BCUT2D eigenvalue weighted by molar-refractivity contribution is 8.15. The molecule has 1 aliphatic carbocycles. The van der Waals surface area contributed by atoms with Crippen LogP contribution in [0.1, 0.15) is 44.9 Å². The Morgan fingerprint density at radius 3 is 2.00 bits per heavy atom. The summed E-state index contributed by atoms with van der Waals surface area (Å²) >= 11 is 5.92. The van der Waals surface area contributed by atoms with Gasteiger partial charge in [-0.15, -0.1) is 0 Å². The molecule has 2 heteroatoms. The van der Waals surface area contributed by atoms with Gasteiger partial charge in [0.2, 0.25) is 0 Å². The van der Waals surface area contributed by atoms with Gasteiger partial charge in [-0.05, 0) is 49.7 Å². The summed E-state index contributed by atoms with van der Waals surface area (Å²) in [6, 6.07) is -0.828. The van der Waals surface area contributed by atoms with Gasteiger partial charge in [-0.25, -0.2) is 0 Å². The average molecular weight is 202 g/mol. The second-order valence-electron chi connectivity index (χ2n) is 4.40. The van der Waals surface area contributed by atoms with Crippen LogP contribution in [0.25, 0.3) is 0 Å². The molecular formula is C10H19PS. The largest absolute Gasteiger partial charge is 0.0972 e. The highest BCUT2D eigenvalue weighted by atomic mass is 32.4. The lowest BCUT2D eigenvalue weighted by atomic mass is 10.3. The fraction of sp³-hybridized carbons (Fsp3) is 1.00. The summed E-state index contributed by atoms with van der Waals surface area (Å²) in [6.45, 7) is 0. The fourth-order valence-corrected chi connectivity index (χ4v) is 7.97. The van der Waals surface area contributed by atoms with Crippen LogP contribution in [0.3, 0.4) is 0 Å². The zero-order chi connectivity index (χ0) is 8.44. The van der Waals surface area contributed by atoms with Crippen LogP contribution >= 0.6 is 6.04 Å². The standard InChI is InChI=1S/C10H19PS/c12-11(8-4-1-5-9-11)10-6-2-3-7-10/h10H,1-9H2. The predicted molar refractivity (Wildman–Crippen MR) is 60.1 cm³/mol. The molecule has 0 aromatic heterocycles. The molecule has 0 radical (unpaired) electrons. The third kappa shape index (κ3) is 1.77. The van der Waals surface area contributed by atoms with E-state index in [9.17, 15) is 0 Å². The van der Waals surface area contributed by atoms with E-state index in [2.05, 4.69) is 0 Å². The molecule has 0 spiro atoms. The van der Waals surface area contributed by atoms with Crippen molar-refractivity contribution in [2.45, 2.75) is 50.6 Å². The van der Waals surface area contributed by atoms with Gasteiger partial charge in [-0.1, -0.05) is 31.1 Å². The number of rotatable bonds is 1. The molecule has 2 rings (SSSR count). The van der Waals surface area contributed by atoms with Crippen LogP contribution in [-0.2, 0) is 11.8 Å². The van der Waals surface area contributed by atoms with Crippen LogP contribution in [-0.4, -0.2) is 18.0 Å². The van der Waals surface area contributed by atoms with E-state index in [1.54, 1.807) is 0 Å². The Bertz CT molecular complexity index is 184. The molecule has 0 unspecified atom stereocenters. The van der Waals surface area contributed by atoms with Gasteiger partial charge in [0.1, 0.15) is 0 Å². The van der Waals surface area contributed by atoms with E-state index in [1.165, 1.54) is 57.3 Å². The van der Waals surface area contributed by atoms with E-state index in [-0.39, 0.29) is 0 Å². The Morgan fingerprint density at radius 1 is 0.833 bits per heavy atom. The molecule has 0 aromatic carbocycles. The minimum absolute atomic E-state index is 0.828. The summed E-state index contributed by atoms with van der Waals surface area (Å²) in [6.07, 6.45) is 13.2. The van der Waals surface area contributed by atoms with Crippen molar-refractivity contribution in [3.63, 3.8) is 0 Å². The van der Waals surface area contributed by atoms with Crippen molar-refractivity contribution in [2.75, 3.05) is 12.3 Å². The van der Waals surface area contributed by atoms with E-state index in [0.29, 0.717) is 0 Å². The molecule has 1 heterocycles. The number of hydrogen-bond donors (Lipinski definition) is 0. The SMILES string of the molecule is S=P1(C2CCCC2)CCCCC1. The summed E-state index contributed by atoms with van der Waals surface area (Å²) < 4.78 is 0. The lowest BCUT2D eigenvalue weighted by Crippen LogP contribution is -2.13. The van der Waals surface area contributed by atoms with Crippen LogP contribution in [0.5, 0.6) is 0 Å². The van der Waals surface area contributed by atoms with Crippen LogP contribution in [0.15, 0.2) is 0 Å². The van der Waals surface area contributed by atoms with Crippen LogP contribution in [0.4, 0.5) is 0 Å². The average Bonchev–Trinajstić information content (AvgIpc) is 2.58. The molecule has 1 saturated heterocycles. The third-order valence-corrected chi connectivity index (χ3v) is 9.55. The maximum Gasteiger partial charge on any atom is -0.0118 e. The summed E-state index contributed by atoms with van der Waals surface area (Å²) in [7, 11) is 0. The zero-order valence-corrected chi connectivity index (χ0v) is 9.51. The molecule has 0 bridgehead atoms. The van der Waals surface area contributed by atoms with Crippen LogP contribution in [0, 0.1) is 0 Å². The van der Waals surface area contributed by atoms with Gasteiger partial charge < -0.3 is 0 Å². The first-order chi connectivity index (χ1) is 5.81. The van der Waals surface area contributed by atoms with E-state index in [4.69, 9.17) is 11.8 Å². The Kier molecular flexibility index (Phi) is 2.92. The smallest absolute Gasteiger partial charge is 0.0118 e. The van der Waals surface area contributed by atoms with Crippen molar-refractivity contribution < 1.29 is 0 Å². The first kappa shape index (κ1) is 9.21. The monoisotopic (exact) mass is 202 g/mol. The van der Waals surface area contributed by atoms with Crippen LogP contribution in [0.2, 0.25) is 0 Å². The molecule has 2 fully saturated rings. The van der Waals surface area contributed by atoms with Gasteiger partial charge >= 0.3 is 0 Å². The Labute approximate surface area is 81.1 Å². The molecule has 0 atom stereocenters. The van der Waals surface area contributed by atoms with E-state index in [0.717, 1.165) is 5.66 Å². The lowest BCUT2D eigenvalue weighted by Gasteiger charge is -2.32. The van der Waals surface area contributed by atoms with Crippen molar-refractivity contribution >= 4 is 17.8 Å². The molecule has 0 nitrogen and oxygen atoms in total. The second kappa shape index (κ2) is 3.80. The number of hydrogen-bond acceptors (Lipinski definition) is 1. The summed E-state index contributed by atoms with van der Waals surface area (Å²) in [5.74, 6) is 0.